The molecule has 1 atom stereocenters. The Kier molecular flexibility index (Phi) is 3.81. The van der Waals surface area contributed by atoms with Gasteiger partial charge in [0.15, 0.2) is 5.69 Å². The quantitative estimate of drug-likeness (QED) is 0.906. The Morgan fingerprint density at radius 2 is 2.05 bits per heavy atom. The lowest BCUT2D eigenvalue weighted by Gasteiger charge is -2.26. The molecule has 0 saturated heterocycles. The minimum Gasteiger partial charge on any atom is -0.362 e. The highest BCUT2D eigenvalue weighted by atomic mass is 16.1. The summed E-state index contributed by atoms with van der Waals surface area (Å²) < 4.78 is 0. The van der Waals surface area contributed by atoms with Crippen molar-refractivity contribution in [2.24, 2.45) is 0 Å². The van der Waals surface area contributed by atoms with E-state index in [1.54, 1.807) is 19.2 Å². The van der Waals surface area contributed by atoms with E-state index >= 15 is 0 Å². The van der Waals surface area contributed by atoms with Gasteiger partial charge in [0.25, 0.3) is 5.91 Å². The maximum absolute atomic E-state index is 11.4. The molecule has 0 spiro atoms. The summed E-state index contributed by atoms with van der Waals surface area (Å²) in [6, 6.07) is 12.2. The average molecular weight is 282 g/mol. The number of benzene rings is 1. The van der Waals surface area contributed by atoms with Crippen LogP contribution in [0.3, 0.4) is 0 Å². The molecule has 0 fully saturated rings. The fourth-order valence-corrected chi connectivity index (χ4v) is 2.74. The first-order chi connectivity index (χ1) is 10.3. The molecule has 2 aromatic rings. The number of hydrogen-bond donors (Lipinski definition) is 2. The van der Waals surface area contributed by atoms with Crippen molar-refractivity contribution in [3.8, 4) is 0 Å². The predicted octanol–water partition coefficient (Wildman–Crippen LogP) is 2.33. The second-order valence-electron chi connectivity index (χ2n) is 5.17. The van der Waals surface area contributed by atoms with Crippen LogP contribution in [0.5, 0.6) is 0 Å². The first-order valence-corrected chi connectivity index (χ1v) is 7.18. The topological polar surface area (TPSA) is 66.9 Å². The van der Waals surface area contributed by atoms with Crippen LogP contribution in [0.25, 0.3) is 0 Å². The Morgan fingerprint density at radius 1 is 1.19 bits per heavy atom. The lowest BCUT2D eigenvalue weighted by Crippen LogP contribution is -2.21. The standard InChI is InChI=1S/C16H18N4O/c1-17-16(21)14-9-10-15(20-19-14)18-13-8-4-6-11-5-2-3-7-12(11)13/h2-3,5,7,9-10,13H,4,6,8H2,1H3,(H,17,21)(H,18,20)/t13-/m1/s1. The van der Waals surface area contributed by atoms with Crippen LogP contribution in [0.2, 0.25) is 0 Å². The van der Waals surface area contributed by atoms with Crippen molar-refractivity contribution >= 4 is 11.7 Å². The van der Waals surface area contributed by atoms with Crippen molar-refractivity contribution in [3.63, 3.8) is 0 Å². The summed E-state index contributed by atoms with van der Waals surface area (Å²) in [6.07, 6.45) is 3.38. The molecular weight excluding hydrogens is 264 g/mol. The van der Waals surface area contributed by atoms with Crippen molar-refractivity contribution in [1.82, 2.24) is 15.5 Å². The number of anilines is 1. The summed E-state index contributed by atoms with van der Waals surface area (Å²) in [6.45, 7) is 0. The van der Waals surface area contributed by atoms with E-state index in [4.69, 9.17) is 0 Å². The van der Waals surface area contributed by atoms with E-state index in [0.717, 1.165) is 12.8 Å². The molecule has 1 aromatic heterocycles. The number of hydrogen-bond acceptors (Lipinski definition) is 4. The summed E-state index contributed by atoms with van der Waals surface area (Å²) in [5.41, 5.74) is 3.06. The summed E-state index contributed by atoms with van der Waals surface area (Å²) in [5, 5.41) is 14.0. The minimum atomic E-state index is -0.225. The lowest BCUT2D eigenvalue weighted by molar-refractivity contribution is 0.0957. The molecule has 0 aliphatic heterocycles. The van der Waals surface area contributed by atoms with Gasteiger partial charge in [-0.3, -0.25) is 4.79 Å². The van der Waals surface area contributed by atoms with Gasteiger partial charge in [-0.25, -0.2) is 0 Å². The number of carbonyl (C=O) groups is 1. The molecule has 108 valence electrons. The molecule has 0 saturated carbocycles. The van der Waals surface area contributed by atoms with Gasteiger partial charge >= 0.3 is 0 Å². The van der Waals surface area contributed by atoms with Crippen LogP contribution in [-0.4, -0.2) is 23.2 Å². The normalized spacial score (nSPS) is 16.9. The first kappa shape index (κ1) is 13.5. The highest BCUT2D eigenvalue weighted by Crippen LogP contribution is 2.31. The molecule has 1 aliphatic rings. The Balaban J connectivity index is 1.77. The highest BCUT2D eigenvalue weighted by Gasteiger charge is 2.20. The maximum Gasteiger partial charge on any atom is 0.271 e. The molecule has 1 amide bonds. The van der Waals surface area contributed by atoms with Gasteiger partial charge in [-0.2, -0.15) is 0 Å². The van der Waals surface area contributed by atoms with Gasteiger partial charge in [0.2, 0.25) is 0 Å². The van der Waals surface area contributed by atoms with Gasteiger partial charge < -0.3 is 10.6 Å². The van der Waals surface area contributed by atoms with Gasteiger partial charge in [0.05, 0.1) is 6.04 Å². The zero-order valence-electron chi connectivity index (χ0n) is 12.0. The van der Waals surface area contributed by atoms with Crippen LogP contribution in [0.4, 0.5) is 5.82 Å². The van der Waals surface area contributed by atoms with E-state index in [9.17, 15) is 4.79 Å². The number of rotatable bonds is 3. The summed E-state index contributed by atoms with van der Waals surface area (Å²) in [4.78, 5) is 11.4. The first-order valence-electron chi connectivity index (χ1n) is 7.18. The van der Waals surface area contributed by atoms with Crippen molar-refractivity contribution in [3.05, 3.63) is 53.2 Å². The third kappa shape index (κ3) is 2.86. The summed E-state index contributed by atoms with van der Waals surface area (Å²) in [7, 11) is 1.58. The van der Waals surface area contributed by atoms with Crippen LogP contribution in [0.15, 0.2) is 36.4 Å². The molecule has 1 heterocycles. The second kappa shape index (κ2) is 5.91. The molecular formula is C16H18N4O. The van der Waals surface area contributed by atoms with Crippen LogP contribution >= 0.6 is 0 Å². The largest absolute Gasteiger partial charge is 0.362 e. The molecule has 0 bridgehead atoms. The van der Waals surface area contributed by atoms with Crippen molar-refractivity contribution in [1.29, 1.82) is 0 Å². The molecule has 0 unspecified atom stereocenters. The fourth-order valence-electron chi connectivity index (χ4n) is 2.74. The summed E-state index contributed by atoms with van der Waals surface area (Å²) in [5.74, 6) is 0.474. The number of nitrogens with one attached hydrogen (secondary N) is 2. The molecule has 0 radical (unpaired) electrons. The minimum absolute atomic E-state index is 0.225. The van der Waals surface area contributed by atoms with Gasteiger partial charge in [-0.15, -0.1) is 10.2 Å². The van der Waals surface area contributed by atoms with Gasteiger partial charge in [-0.05, 0) is 42.5 Å². The average Bonchev–Trinajstić information content (AvgIpc) is 2.55. The number of fused-ring (bicyclic) bond motifs is 1. The van der Waals surface area contributed by atoms with Gasteiger partial charge in [0.1, 0.15) is 5.82 Å². The number of carbonyl (C=O) groups excluding carboxylic acids is 1. The van der Waals surface area contributed by atoms with E-state index in [0.29, 0.717) is 11.5 Å². The van der Waals surface area contributed by atoms with E-state index < -0.39 is 0 Å². The monoisotopic (exact) mass is 282 g/mol. The Bertz CT molecular complexity index is 639. The smallest absolute Gasteiger partial charge is 0.271 e. The van der Waals surface area contributed by atoms with Gasteiger partial charge in [0, 0.05) is 7.05 Å². The predicted molar refractivity (Wildman–Crippen MR) is 81.2 cm³/mol. The van der Waals surface area contributed by atoms with E-state index in [1.807, 2.05) is 0 Å². The Morgan fingerprint density at radius 3 is 2.81 bits per heavy atom. The van der Waals surface area contributed by atoms with E-state index in [1.165, 1.54) is 17.5 Å². The molecule has 21 heavy (non-hydrogen) atoms. The molecule has 3 rings (SSSR count). The fraction of sp³-hybridized carbons (Fsp3) is 0.312. The van der Waals surface area contributed by atoms with Gasteiger partial charge in [-0.1, -0.05) is 24.3 Å². The summed E-state index contributed by atoms with van der Waals surface area (Å²) >= 11 is 0. The third-order valence-corrected chi connectivity index (χ3v) is 3.82. The van der Waals surface area contributed by atoms with Crippen molar-refractivity contribution in [2.45, 2.75) is 25.3 Å². The van der Waals surface area contributed by atoms with Crippen molar-refractivity contribution < 1.29 is 4.79 Å². The SMILES string of the molecule is CNC(=O)c1ccc(N[C@@H]2CCCc3ccccc32)nn1. The molecule has 5 nitrogen and oxygen atoms in total. The second-order valence-corrected chi connectivity index (χ2v) is 5.17. The molecule has 5 heteroatoms. The zero-order chi connectivity index (χ0) is 14.7. The van der Waals surface area contributed by atoms with Crippen LogP contribution in [0, 0.1) is 0 Å². The molecule has 1 aromatic carbocycles. The number of aromatic nitrogens is 2. The lowest BCUT2D eigenvalue weighted by atomic mass is 9.88. The number of amides is 1. The molecule has 1 aliphatic carbocycles. The van der Waals surface area contributed by atoms with Crippen molar-refractivity contribution in [2.75, 3.05) is 12.4 Å². The van der Waals surface area contributed by atoms with E-state index in [2.05, 4.69) is 45.1 Å². The Labute approximate surface area is 123 Å². The Hall–Kier alpha value is -2.43. The maximum atomic E-state index is 11.4. The van der Waals surface area contributed by atoms with Crippen LogP contribution in [-0.2, 0) is 6.42 Å². The number of nitrogens with zero attached hydrogens (tertiary/aromatic N) is 2. The zero-order valence-corrected chi connectivity index (χ0v) is 12.0. The van der Waals surface area contributed by atoms with E-state index in [-0.39, 0.29) is 11.9 Å². The number of aryl methyl sites for hydroxylation is 1. The molecule has 2 N–H and O–H groups in total. The third-order valence-electron chi connectivity index (χ3n) is 3.82. The van der Waals surface area contributed by atoms with Crippen LogP contribution < -0.4 is 10.6 Å². The van der Waals surface area contributed by atoms with Crippen LogP contribution in [0.1, 0.15) is 40.5 Å². The highest BCUT2D eigenvalue weighted by molar-refractivity contribution is 5.91.